The maximum absolute atomic E-state index is 12.9. The zero-order chi connectivity index (χ0) is 22.3. The molecule has 0 radical (unpaired) electrons. The molecule has 2 saturated heterocycles. The molecule has 0 bridgehead atoms. The van der Waals surface area contributed by atoms with Crippen LogP contribution in [0.25, 0.3) is 0 Å². The molecule has 4 rings (SSSR count). The van der Waals surface area contributed by atoms with Crippen molar-refractivity contribution in [2.45, 2.75) is 51.5 Å². The Morgan fingerprint density at radius 3 is 2.31 bits per heavy atom. The quantitative estimate of drug-likeness (QED) is 0.706. The maximum Gasteiger partial charge on any atom is 0.234 e. The Bertz CT molecular complexity index is 865. The van der Waals surface area contributed by atoms with E-state index in [1.165, 1.54) is 18.4 Å². The van der Waals surface area contributed by atoms with Gasteiger partial charge in [0.1, 0.15) is 0 Å². The lowest BCUT2D eigenvalue weighted by Gasteiger charge is -2.34. The molecule has 6 heteroatoms. The van der Waals surface area contributed by atoms with Gasteiger partial charge in [-0.15, -0.1) is 11.3 Å². The monoisotopic (exact) mass is 453 g/mol. The molecule has 1 atom stereocenters. The van der Waals surface area contributed by atoms with Gasteiger partial charge in [-0.25, -0.2) is 0 Å². The summed E-state index contributed by atoms with van der Waals surface area (Å²) in [6.07, 6.45) is 6.47. The molecule has 1 N–H and O–H groups in total. The fourth-order valence-corrected chi connectivity index (χ4v) is 5.63. The van der Waals surface area contributed by atoms with E-state index in [4.69, 9.17) is 0 Å². The number of nitrogens with zero attached hydrogens (tertiary/aromatic N) is 2. The zero-order valence-electron chi connectivity index (χ0n) is 19.1. The van der Waals surface area contributed by atoms with E-state index in [9.17, 15) is 9.59 Å². The van der Waals surface area contributed by atoms with E-state index < -0.39 is 0 Å². The molecule has 0 saturated carbocycles. The topological polar surface area (TPSA) is 52.7 Å². The highest BCUT2D eigenvalue weighted by Gasteiger charge is 2.30. The number of nitrogens with one attached hydrogen (secondary N) is 1. The minimum Gasteiger partial charge on any atom is -0.343 e. The van der Waals surface area contributed by atoms with Crippen molar-refractivity contribution >= 4 is 23.2 Å². The first kappa shape index (κ1) is 23.0. The summed E-state index contributed by atoms with van der Waals surface area (Å²) in [5, 5.41) is 5.30. The summed E-state index contributed by atoms with van der Waals surface area (Å²) in [6.45, 7) is 5.93. The lowest BCUT2D eigenvalue weighted by molar-refractivity contribution is -0.137. The average molecular weight is 454 g/mol. The van der Waals surface area contributed by atoms with Crippen molar-refractivity contribution in [2.75, 3.05) is 32.7 Å². The number of carbonyl (C=O) groups excluding carboxylic acids is 2. The fourth-order valence-electron chi connectivity index (χ4n) is 4.83. The van der Waals surface area contributed by atoms with Crippen molar-refractivity contribution in [2.24, 2.45) is 5.92 Å². The molecular formula is C26H35N3O2S. The normalized spacial score (nSPS) is 19.3. The van der Waals surface area contributed by atoms with Gasteiger partial charge in [-0.2, -0.15) is 0 Å². The maximum atomic E-state index is 12.9. The summed E-state index contributed by atoms with van der Waals surface area (Å²) < 4.78 is 0. The molecule has 172 valence electrons. The van der Waals surface area contributed by atoms with Crippen LogP contribution in [0.5, 0.6) is 0 Å². The molecule has 2 amide bonds. The first-order valence-electron chi connectivity index (χ1n) is 12.0. The number of amides is 2. The summed E-state index contributed by atoms with van der Waals surface area (Å²) in [5.41, 5.74) is 2.32. The summed E-state index contributed by atoms with van der Waals surface area (Å²) in [4.78, 5) is 31.3. The molecular weight excluding hydrogens is 418 g/mol. The van der Waals surface area contributed by atoms with Crippen LogP contribution in [0, 0.1) is 12.8 Å². The van der Waals surface area contributed by atoms with Crippen molar-refractivity contribution in [1.82, 2.24) is 15.1 Å². The van der Waals surface area contributed by atoms with Gasteiger partial charge in [-0.1, -0.05) is 48.7 Å². The molecule has 5 nitrogen and oxygen atoms in total. The molecule has 2 fully saturated rings. The summed E-state index contributed by atoms with van der Waals surface area (Å²) in [5.74, 6) is 0.508. The second-order valence-corrected chi connectivity index (χ2v) is 10.2. The summed E-state index contributed by atoms with van der Waals surface area (Å²) >= 11 is 1.67. The Kier molecular flexibility index (Phi) is 7.98. The Morgan fingerprint density at radius 1 is 1.00 bits per heavy atom. The summed E-state index contributed by atoms with van der Waals surface area (Å²) in [6, 6.07) is 12.4. The van der Waals surface area contributed by atoms with Crippen LogP contribution < -0.4 is 5.32 Å². The van der Waals surface area contributed by atoms with E-state index >= 15 is 0 Å². The van der Waals surface area contributed by atoms with Crippen LogP contribution in [0.1, 0.15) is 60.6 Å². The third-order valence-electron chi connectivity index (χ3n) is 6.77. The number of aryl methyl sites for hydroxylation is 1. The van der Waals surface area contributed by atoms with Crippen molar-refractivity contribution in [1.29, 1.82) is 0 Å². The van der Waals surface area contributed by atoms with Gasteiger partial charge < -0.3 is 10.2 Å². The SMILES string of the molecule is Cc1ccc(C(NC(=O)CN2CCC(C(=O)N3CCCCCC3)CC2)c2cccs2)cc1. The molecule has 0 aliphatic carbocycles. The van der Waals surface area contributed by atoms with Gasteiger partial charge in [0.2, 0.25) is 11.8 Å². The molecule has 3 heterocycles. The van der Waals surface area contributed by atoms with Crippen LogP contribution in [0.4, 0.5) is 0 Å². The second-order valence-electron chi connectivity index (χ2n) is 9.22. The number of thiophene rings is 1. The number of carbonyl (C=O) groups is 2. The smallest absolute Gasteiger partial charge is 0.234 e. The Hall–Kier alpha value is -2.18. The van der Waals surface area contributed by atoms with Crippen molar-refractivity contribution in [3.63, 3.8) is 0 Å². The standard InChI is InChI=1S/C26H35N3O2S/c1-20-8-10-21(11-9-20)25(23-7-6-18-32-23)27-24(30)19-28-16-12-22(13-17-28)26(31)29-14-4-2-3-5-15-29/h6-11,18,22,25H,2-5,12-17,19H2,1H3,(H,27,30). The van der Waals surface area contributed by atoms with Crippen LogP contribution in [-0.4, -0.2) is 54.3 Å². The summed E-state index contributed by atoms with van der Waals surface area (Å²) in [7, 11) is 0. The Balaban J connectivity index is 1.30. The number of likely N-dealkylation sites (tertiary alicyclic amines) is 2. The second kappa shape index (κ2) is 11.1. The van der Waals surface area contributed by atoms with Gasteiger partial charge in [0.15, 0.2) is 0 Å². The minimum absolute atomic E-state index is 0.0428. The van der Waals surface area contributed by atoms with Gasteiger partial charge in [0, 0.05) is 23.9 Å². The predicted octanol–water partition coefficient (Wildman–Crippen LogP) is 4.38. The number of piperidine rings is 1. The van der Waals surface area contributed by atoms with E-state index in [1.807, 2.05) is 6.07 Å². The highest BCUT2D eigenvalue weighted by atomic mass is 32.1. The van der Waals surface area contributed by atoms with Gasteiger partial charge in [-0.05, 0) is 62.7 Å². The molecule has 1 aromatic carbocycles. The molecule has 2 aliphatic heterocycles. The molecule has 2 aliphatic rings. The Morgan fingerprint density at radius 2 is 1.69 bits per heavy atom. The molecule has 1 unspecified atom stereocenters. The van der Waals surface area contributed by atoms with Crippen molar-refractivity contribution < 1.29 is 9.59 Å². The highest BCUT2D eigenvalue weighted by Crippen LogP contribution is 2.27. The van der Waals surface area contributed by atoms with Crippen LogP contribution in [0.2, 0.25) is 0 Å². The molecule has 0 spiro atoms. The zero-order valence-corrected chi connectivity index (χ0v) is 19.9. The largest absolute Gasteiger partial charge is 0.343 e. The molecule has 32 heavy (non-hydrogen) atoms. The van der Waals surface area contributed by atoms with Crippen molar-refractivity contribution in [3.8, 4) is 0 Å². The van der Waals surface area contributed by atoms with E-state index in [0.717, 1.165) is 62.3 Å². The van der Waals surface area contributed by atoms with Gasteiger partial charge in [-0.3, -0.25) is 14.5 Å². The van der Waals surface area contributed by atoms with Gasteiger partial charge >= 0.3 is 0 Å². The highest BCUT2D eigenvalue weighted by molar-refractivity contribution is 7.10. The molecule has 1 aromatic heterocycles. The van der Waals surface area contributed by atoms with Gasteiger partial charge in [0.25, 0.3) is 0 Å². The average Bonchev–Trinajstić information content (AvgIpc) is 3.20. The van der Waals surface area contributed by atoms with E-state index in [2.05, 4.69) is 57.8 Å². The number of hydrogen-bond donors (Lipinski definition) is 1. The third-order valence-corrected chi connectivity index (χ3v) is 7.70. The van der Waals surface area contributed by atoms with E-state index in [-0.39, 0.29) is 17.9 Å². The molecule has 2 aromatic rings. The first-order valence-corrected chi connectivity index (χ1v) is 12.9. The number of benzene rings is 1. The first-order chi connectivity index (χ1) is 15.6. The van der Waals surface area contributed by atoms with Crippen LogP contribution in [-0.2, 0) is 9.59 Å². The third kappa shape index (κ3) is 5.99. The van der Waals surface area contributed by atoms with Crippen LogP contribution in [0.15, 0.2) is 41.8 Å². The van der Waals surface area contributed by atoms with Crippen molar-refractivity contribution in [3.05, 3.63) is 57.8 Å². The minimum atomic E-state index is -0.120. The number of hydrogen-bond acceptors (Lipinski definition) is 4. The van der Waals surface area contributed by atoms with E-state index in [0.29, 0.717) is 12.5 Å². The van der Waals surface area contributed by atoms with Gasteiger partial charge in [0.05, 0.1) is 12.6 Å². The Labute approximate surface area is 195 Å². The van der Waals surface area contributed by atoms with E-state index in [1.54, 1.807) is 11.3 Å². The lowest BCUT2D eigenvalue weighted by atomic mass is 9.95. The number of rotatable bonds is 6. The van der Waals surface area contributed by atoms with Crippen LogP contribution >= 0.6 is 11.3 Å². The predicted molar refractivity (Wildman–Crippen MR) is 130 cm³/mol. The fraction of sp³-hybridized carbons (Fsp3) is 0.538. The van der Waals surface area contributed by atoms with Crippen LogP contribution in [0.3, 0.4) is 0 Å². The lowest BCUT2D eigenvalue weighted by Crippen LogP contribution is -2.46.